The van der Waals surface area contributed by atoms with Crippen LogP contribution in [0.5, 0.6) is 5.75 Å². The van der Waals surface area contributed by atoms with E-state index in [0.717, 1.165) is 11.3 Å². The van der Waals surface area contributed by atoms with Crippen LogP contribution >= 0.6 is 0 Å². The molecular weight excluding hydrogens is 374 g/mol. The second-order valence-corrected chi connectivity index (χ2v) is 6.70. The summed E-state index contributed by atoms with van der Waals surface area (Å²) < 4.78 is 8.64. The summed E-state index contributed by atoms with van der Waals surface area (Å²) in [5, 5.41) is 11.2. The highest BCUT2D eigenvalue weighted by Gasteiger charge is 2.30. The minimum absolute atomic E-state index is 0.0114. The maximum atomic E-state index is 12.7. The van der Waals surface area contributed by atoms with Crippen molar-refractivity contribution in [3.63, 3.8) is 0 Å². The minimum Gasteiger partial charge on any atom is -0.496 e. The number of benzene rings is 1. The molecule has 0 spiro atoms. The number of fused-ring (bicyclic) bond motifs is 1. The topological polar surface area (TPSA) is 107 Å². The van der Waals surface area contributed by atoms with Gasteiger partial charge in [-0.1, -0.05) is 18.2 Å². The molecule has 1 aliphatic heterocycles. The molecule has 3 aromatic rings. The molecule has 0 fully saturated rings. The predicted octanol–water partition coefficient (Wildman–Crippen LogP) is 0.697. The number of hydrogen-bond acceptors (Lipinski definition) is 6. The van der Waals surface area contributed by atoms with E-state index in [1.807, 2.05) is 24.3 Å². The summed E-state index contributed by atoms with van der Waals surface area (Å²) in [5.41, 5.74) is 0.918. The molecule has 1 aliphatic rings. The van der Waals surface area contributed by atoms with E-state index in [1.165, 1.54) is 11.2 Å². The van der Waals surface area contributed by atoms with Crippen LogP contribution in [0.25, 0.3) is 0 Å². The molecular formula is C19H21N7O3. The van der Waals surface area contributed by atoms with Crippen LogP contribution in [-0.2, 0) is 17.9 Å². The molecule has 10 nitrogen and oxygen atoms in total. The highest BCUT2D eigenvalue weighted by atomic mass is 16.5. The maximum Gasteiger partial charge on any atom is 0.291 e. The van der Waals surface area contributed by atoms with E-state index in [4.69, 9.17) is 4.74 Å². The van der Waals surface area contributed by atoms with Crippen molar-refractivity contribution in [3.05, 3.63) is 54.2 Å². The number of anilines is 1. The molecule has 1 aromatic carbocycles. The first kappa shape index (κ1) is 18.7. The van der Waals surface area contributed by atoms with E-state index < -0.39 is 11.9 Å². The smallest absolute Gasteiger partial charge is 0.291 e. The molecule has 0 bridgehead atoms. The maximum absolute atomic E-state index is 12.7. The average molecular weight is 395 g/mol. The van der Waals surface area contributed by atoms with Gasteiger partial charge < -0.3 is 10.1 Å². The molecule has 2 aromatic heterocycles. The first-order valence-corrected chi connectivity index (χ1v) is 9.18. The van der Waals surface area contributed by atoms with E-state index in [-0.39, 0.29) is 11.7 Å². The molecule has 29 heavy (non-hydrogen) atoms. The highest BCUT2D eigenvalue weighted by molar-refractivity contribution is 6.00. The number of hydrogen-bond donors (Lipinski definition) is 1. The van der Waals surface area contributed by atoms with Gasteiger partial charge in [0.1, 0.15) is 23.9 Å². The number of carbonyl (C=O) groups is 2. The van der Waals surface area contributed by atoms with E-state index in [0.29, 0.717) is 25.3 Å². The van der Waals surface area contributed by atoms with Crippen molar-refractivity contribution in [1.82, 2.24) is 29.9 Å². The Hall–Kier alpha value is -3.69. The van der Waals surface area contributed by atoms with Gasteiger partial charge in [0.05, 0.1) is 19.9 Å². The quantitative estimate of drug-likeness (QED) is 0.681. The van der Waals surface area contributed by atoms with Crippen molar-refractivity contribution in [1.29, 1.82) is 0 Å². The van der Waals surface area contributed by atoms with E-state index >= 15 is 0 Å². The van der Waals surface area contributed by atoms with Crippen LogP contribution in [0.4, 0.5) is 5.82 Å². The first-order chi connectivity index (χ1) is 14.1. The van der Waals surface area contributed by atoms with Crippen molar-refractivity contribution in [3.8, 4) is 5.75 Å². The second kappa shape index (κ2) is 7.74. The van der Waals surface area contributed by atoms with E-state index in [2.05, 4.69) is 20.5 Å². The summed E-state index contributed by atoms with van der Waals surface area (Å²) in [5.74, 6) is 0.753. The number of para-hydroxylation sites is 1. The van der Waals surface area contributed by atoms with Gasteiger partial charge in [0.2, 0.25) is 5.82 Å². The lowest BCUT2D eigenvalue weighted by Gasteiger charge is -2.19. The summed E-state index contributed by atoms with van der Waals surface area (Å²) in [6.07, 6.45) is 3.57. The van der Waals surface area contributed by atoms with Crippen LogP contribution in [0.2, 0.25) is 0 Å². The van der Waals surface area contributed by atoms with Gasteiger partial charge in [-0.05, 0) is 12.5 Å². The van der Waals surface area contributed by atoms with Crippen molar-refractivity contribution >= 4 is 17.6 Å². The lowest BCUT2D eigenvalue weighted by Crippen LogP contribution is -2.47. The fourth-order valence-corrected chi connectivity index (χ4v) is 3.34. The molecule has 0 saturated carbocycles. The number of nitrogens with one attached hydrogen (secondary N) is 1. The summed E-state index contributed by atoms with van der Waals surface area (Å²) >= 11 is 0. The summed E-state index contributed by atoms with van der Waals surface area (Å²) in [4.78, 5) is 30.9. The molecule has 4 rings (SSSR count). The van der Waals surface area contributed by atoms with E-state index in [1.54, 1.807) is 35.8 Å². The normalized spacial score (nSPS) is 16.3. The fourth-order valence-electron chi connectivity index (χ4n) is 3.34. The Morgan fingerprint density at radius 2 is 2.14 bits per heavy atom. The van der Waals surface area contributed by atoms with Crippen LogP contribution in [0.15, 0.2) is 42.9 Å². The third-order valence-corrected chi connectivity index (χ3v) is 4.87. The lowest BCUT2D eigenvalue weighted by molar-refractivity contribution is -0.120. The standard InChI is InChI=1S/C19H21N7O3/c1-24-16-7-9-21-26(16)10-8-14(19(24)28)22-18(27)17-20-12-25(23-17)11-13-5-3-4-6-15(13)29-2/h3-7,9,12,14H,8,10-11H2,1-2H3,(H,22,27)/t14-/m0/s1. The molecule has 1 N–H and O–H groups in total. The number of likely N-dealkylation sites (N-methyl/N-ethyl adjacent to an activating group) is 1. The largest absolute Gasteiger partial charge is 0.496 e. The zero-order valence-corrected chi connectivity index (χ0v) is 16.1. The lowest BCUT2D eigenvalue weighted by atomic mass is 10.2. The Balaban J connectivity index is 1.44. The van der Waals surface area contributed by atoms with Gasteiger partial charge >= 0.3 is 0 Å². The molecule has 150 valence electrons. The number of amides is 2. The zero-order chi connectivity index (χ0) is 20.4. The van der Waals surface area contributed by atoms with Gasteiger partial charge in [0.25, 0.3) is 11.8 Å². The van der Waals surface area contributed by atoms with Gasteiger partial charge in [-0.3, -0.25) is 14.5 Å². The van der Waals surface area contributed by atoms with Crippen molar-refractivity contribution in [2.24, 2.45) is 0 Å². The molecule has 2 amide bonds. The van der Waals surface area contributed by atoms with Crippen LogP contribution in [0.1, 0.15) is 22.6 Å². The monoisotopic (exact) mass is 395 g/mol. The van der Waals surface area contributed by atoms with Crippen LogP contribution in [0.3, 0.4) is 0 Å². The number of methoxy groups -OCH3 is 1. The Labute approximate surface area is 167 Å². The molecule has 10 heteroatoms. The van der Waals surface area contributed by atoms with Crippen LogP contribution in [0, 0.1) is 0 Å². The number of rotatable bonds is 5. The first-order valence-electron chi connectivity index (χ1n) is 9.18. The van der Waals surface area contributed by atoms with Gasteiger partial charge in [-0.15, -0.1) is 5.10 Å². The zero-order valence-electron chi connectivity index (χ0n) is 16.1. The van der Waals surface area contributed by atoms with Crippen LogP contribution < -0.4 is 15.0 Å². The van der Waals surface area contributed by atoms with Gasteiger partial charge in [-0.25, -0.2) is 14.3 Å². The Morgan fingerprint density at radius 3 is 2.97 bits per heavy atom. The van der Waals surface area contributed by atoms with Crippen molar-refractivity contribution in [2.45, 2.75) is 25.6 Å². The number of carbonyl (C=O) groups excluding carboxylic acids is 2. The summed E-state index contributed by atoms with van der Waals surface area (Å²) in [7, 11) is 3.27. The Kier molecular flexibility index (Phi) is 4.98. The third-order valence-electron chi connectivity index (χ3n) is 4.87. The molecule has 0 saturated heterocycles. The number of ether oxygens (including phenoxy) is 1. The second-order valence-electron chi connectivity index (χ2n) is 6.70. The van der Waals surface area contributed by atoms with Gasteiger partial charge in [0.15, 0.2) is 0 Å². The predicted molar refractivity (Wildman–Crippen MR) is 104 cm³/mol. The summed E-state index contributed by atoms with van der Waals surface area (Å²) in [6, 6.07) is 8.66. The molecule has 3 heterocycles. The van der Waals surface area contributed by atoms with Crippen molar-refractivity contribution in [2.75, 3.05) is 19.1 Å². The Morgan fingerprint density at radius 1 is 1.31 bits per heavy atom. The third kappa shape index (κ3) is 3.68. The van der Waals surface area contributed by atoms with Crippen LogP contribution in [-0.4, -0.2) is 56.6 Å². The number of nitrogens with zero attached hydrogens (tertiary/aromatic N) is 6. The summed E-state index contributed by atoms with van der Waals surface area (Å²) in [6.45, 7) is 0.940. The Bertz CT molecular complexity index is 1040. The van der Waals surface area contributed by atoms with Gasteiger partial charge in [-0.2, -0.15) is 5.10 Å². The SMILES string of the molecule is COc1ccccc1Cn1cnc(C(=O)N[C@H]2CCn3nccc3N(C)C2=O)n1. The van der Waals surface area contributed by atoms with E-state index in [9.17, 15) is 9.59 Å². The highest BCUT2D eigenvalue weighted by Crippen LogP contribution is 2.19. The molecule has 0 unspecified atom stereocenters. The average Bonchev–Trinajstić information content (AvgIpc) is 3.38. The van der Waals surface area contributed by atoms with Gasteiger partial charge in [0, 0.05) is 25.2 Å². The minimum atomic E-state index is -0.671. The van der Waals surface area contributed by atoms with Crippen molar-refractivity contribution < 1.29 is 14.3 Å². The number of aromatic nitrogens is 5. The number of aryl methyl sites for hydroxylation is 1. The molecule has 1 atom stereocenters. The molecule has 0 radical (unpaired) electrons. The molecule has 0 aliphatic carbocycles. The fraction of sp³-hybridized carbons (Fsp3) is 0.316.